The summed E-state index contributed by atoms with van der Waals surface area (Å²) in [5.41, 5.74) is 3.41. The lowest BCUT2D eigenvalue weighted by atomic mass is 10.2. The van der Waals surface area contributed by atoms with Gasteiger partial charge in [0.15, 0.2) is 0 Å². The highest BCUT2D eigenvalue weighted by Gasteiger charge is 2.01. The number of rotatable bonds is 9. The average Bonchev–Trinajstić information content (AvgIpc) is 2.73. The predicted octanol–water partition coefficient (Wildman–Crippen LogP) is 4.90. The van der Waals surface area contributed by atoms with E-state index in [0.717, 1.165) is 28.5 Å². The van der Waals surface area contributed by atoms with Gasteiger partial charge in [-0.05, 0) is 54.1 Å². The normalized spacial score (nSPS) is 10.7. The minimum absolute atomic E-state index is 0.102. The van der Waals surface area contributed by atoms with E-state index in [1.54, 1.807) is 24.2 Å². The van der Waals surface area contributed by atoms with Crippen LogP contribution in [0.25, 0.3) is 0 Å². The first-order valence-electron chi connectivity index (χ1n) is 8.98. The summed E-state index contributed by atoms with van der Waals surface area (Å²) in [5.74, 6) is 2.23. The summed E-state index contributed by atoms with van der Waals surface area (Å²) in [6.07, 6.45) is 4.57. The number of nitrogens with one attached hydrogen (secondary N) is 1. The zero-order valence-corrected chi connectivity index (χ0v) is 16.1. The zero-order valence-electron chi connectivity index (χ0n) is 15.3. The van der Waals surface area contributed by atoms with Gasteiger partial charge in [-0.25, -0.2) is 10.4 Å². The fourth-order valence-corrected chi connectivity index (χ4v) is 3.17. The minimum Gasteiger partial charge on any atom is -0.457 e. The van der Waals surface area contributed by atoms with Crippen LogP contribution in [-0.2, 0) is 4.79 Å². The molecule has 1 heterocycles. The molecule has 0 bridgehead atoms. The van der Waals surface area contributed by atoms with Crippen LogP contribution in [0.4, 0.5) is 0 Å². The molecule has 0 aliphatic carbocycles. The van der Waals surface area contributed by atoms with E-state index in [0.29, 0.717) is 12.2 Å². The molecule has 0 radical (unpaired) electrons. The Balaban J connectivity index is 1.40. The number of hydrogen-bond acceptors (Lipinski definition) is 5. The van der Waals surface area contributed by atoms with Crippen molar-refractivity contribution in [3.63, 3.8) is 0 Å². The fraction of sp³-hybridized carbons (Fsp3) is 0.136. The third-order valence-electron chi connectivity index (χ3n) is 3.68. The summed E-state index contributed by atoms with van der Waals surface area (Å²) in [6, 6.07) is 22.9. The van der Waals surface area contributed by atoms with Crippen molar-refractivity contribution in [2.24, 2.45) is 5.10 Å². The van der Waals surface area contributed by atoms with Gasteiger partial charge in [0.1, 0.15) is 11.5 Å². The highest BCUT2D eigenvalue weighted by molar-refractivity contribution is 7.99. The third kappa shape index (κ3) is 6.89. The van der Waals surface area contributed by atoms with Crippen LogP contribution in [0.2, 0.25) is 0 Å². The number of carbonyl (C=O) groups is 1. The van der Waals surface area contributed by atoms with Crippen LogP contribution in [0.3, 0.4) is 0 Å². The topological polar surface area (TPSA) is 63.6 Å². The Morgan fingerprint density at radius 3 is 2.68 bits per heavy atom. The van der Waals surface area contributed by atoms with E-state index in [4.69, 9.17) is 4.74 Å². The van der Waals surface area contributed by atoms with Crippen LogP contribution < -0.4 is 10.2 Å². The Bertz CT molecular complexity index is 902. The second kappa shape index (κ2) is 10.9. The molecule has 0 fully saturated rings. The second-order valence-corrected chi connectivity index (χ2v) is 7.02. The molecule has 1 aromatic heterocycles. The van der Waals surface area contributed by atoms with Gasteiger partial charge in [0.2, 0.25) is 5.91 Å². The molecule has 5 nitrogen and oxygen atoms in total. The van der Waals surface area contributed by atoms with Gasteiger partial charge in [0.05, 0.1) is 11.2 Å². The lowest BCUT2D eigenvalue weighted by molar-refractivity contribution is -0.121. The van der Waals surface area contributed by atoms with Crippen molar-refractivity contribution >= 4 is 23.9 Å². The molecule has 1 amide bonds. The van der Waals surface area contributed by atoms with Crippen LogP contribution in [0, 0.1) is 0 Å². The van der Waals surface area contributed by atoms with Gasteiger partial charge in [0, 0.05) is 12.6 Å². The van der Waals surface area contributed by atoms with Crippen molar-refractivity contribution in [1.29, 1.82) is 0 Å². The van der Waals surface area contributed by atoms with Crippen molar-refractivity contribution in [2.75, 3.05) is 5.75 Å². The number of aromatic nitrogens is 1. The molecular formula is C22H21N3O2S. The maximum Gasteiger partial charge on any atom is 0.240 e. The summed E-state index contributed by atoms with van der Waals surface area (Å²) < 4.78 is 5.79. The van der Waals surface area contributed by atoms with E-state index in [9.17, 15) is 4.79 Å². The van der Waals surface area contributed by atoms with Crippen LogP contribution >= 0.6 is 11.8 Å². The molecule has 0 aliphatic rings. The lowest BCUT2D eigenvalue weighted by Crippen LogP contribution is -2.17. The number of amides is 1. The summed E-state index contributed by atoms with van der Waals surface area (Å²) >= 11 is 1.64. The van der Waals surface area contributed by atoms with Crippen LogP contribution in [0.5, 0.6) is 11.5 Å². The number of ether oxygens (including phenoxy) is 1. The van der Waals surface area contributed by atoms with E-state index in [-0.39, 0.29) is 5.91 Å². The van der Waals surface area contributed by atoms with Crippen LogP contribution in [-0.4, -0.2) is 22.9 Å². The van der Waals surface area contributed by atoms with E-state index in [1.165, 1.54) is 0 Å². The zero-order chi connectivity index (χ0) is 19.4. The Labute approximate surface area is 168 Å². The number of hydrazone groups is 1. The van der Waals surface area contributed by atoms with E-state index in [1.807, 2.05) is 72.8 Å². The molecule has 1 N–H and O–H groups in total. The molecule has 3 rings (SSSR count). The Morgan fingerprint density at radius 2 is 1.86 bits per heavy atom. The Kier molecular flexibility index (Phi) is 7.64. The number of thioether (sulfide) groups is 1. The molecule has 0 saturated heterocycles. The molecular weight excluding hydrogens is 370 g/mol. The van der Waals surface area contributed by atoms with Gasteiger partial charge in [-0.2, -0.15) is 5.10 Å². The molecule has 6 heteroatoms. The summed E-state index contributed by atoms with van der Waals surface area (Å²) in [7, 11) is 0. The van der Waals surface area contributed by atoms with E-state index in [2.05, 4.69) is 15.5 Å². The first kappa shape index (κ1) is 19.6. The third-order valence-corrected chi connectivity index (χ3v) is 4.71. The van der Waals surface area contributed by atoms with Gasteiger partial charge < -0.3 is 4.74 Å². The van der Waals surface area contributed by atoms with Gasteiger partial charge >= 0.3 is 0 Å². The minimum atomic E-state index is -0.102. The number of nitrogens with zero attached hydrogens (tertiary/aromatic N) is 2. The quantitative estimate of drug-likeness (QED) is 0.244. The summed E-state index contributed by atoms with van der Waals surface area (Å²) in [5, 5.41) is 5.00. The maximum atomic E-state index is 11.9. The van der Waals surface area contributed by atoms with E-state index >= 15 is 0 Å². The number of benzene rings is 2. The molecule has 0 aliphatic heterocycles. The smallest absolute Gasteiger partial charge is 0.240 e. The van der Waals surface area contributed by atoms with Gasteiger partial charge in [-0.1, -0.05) is 36.4 Å². The molecule has 0 spiro atoms. The Hall–Kier alpha value is -3.12. The predicted molar refractivity (Wildman–Crippen MR) is 113 cm³/mol. The molecule has 2 aromatic carbocycles. The first-order valence-corrected chi connectivity index (χ1v) is 9.97. The largest absolute Gasteiger partial charge is 0.457 e. The van der Waals surface area contributed by atoms with Crippen molar-refractivity contribution in [3.05, 3.63) is 84.6 Å². The van der Waals surface area contributed by atoms with Crippen LogP contribution in [0.1, 0.15) is 18.4 Å². The maximum absolute atomic E-state index is 11.9. The molecule has 0 atom stereocenters. The van der Waals surface area contributed by atoms with Crippen LogP contribution in [0.15, 0.2) is 89.1 Å². The molecule has 0 saturated carbocycles. The monoisotopic (exact) mass is 391 g/mol. The van der Waals surface area contributed by atoms with Crippen molar-refractivity contribution in [1.82, 2.24) is 10.4 Å². The first-order chi connectivity index (χ1) is 13.8. The number of pyridine rings is 1. The van der Waals surface area contributed by atoms with Crippen molar-refractivity contribution in [3.8, 4) is 11.5 Å². The fourth-order valence-electron chi connectivity index (χ4n) is 2.36. The van der Waals surface area contributed by atoms with Crippen molar-refractivity contribution < 1.29 is 9.53 Å². The SMILES string of the molecule is O=C(CCCSc1ccccn1)N/N=C\c1cccc(Oc2ccccc2)c1. The molecule has 0 unspecified atom stereocenters. The highest BCUT2D eigenvalue weighted by Crippen LogP contribution is 2.21. The molecule has 3 aromatic rings. The average molecular weight is 391 g/mol. The van der Waals surface area contributed by atoms with Gasteiger partial charge in [-0.15, -0.1) is 11.8 Å². The standard InChI is InChI=1S/C22H21N3O2S/c26-21(12-7-15-28-22-13-4-5-14-23-22)25-24-17-18-8-6-11-20(16-18)27-19-9-2-1-3-10-19/h1-6,8-11,13-14,16-17H,7,12,15H2,(H,25,26)/b24-17-. The van der Waals surface area contributed by atoms with Gasteiger partial charge in [0.25, 0.3) is 0 Å². The molecule has 28 heavy (non-hydrogen) atoms. The number of hydrogen-bond donors (Lipinski definition) is 1. The summed E-state index contributed by atoms with van der Waals surface area (Å²) in [4.78, 5) is 16.1. The number of para-hydroxylation sites is 1. The van der Waals surface area contributed by atoms with Gasteiger partial charge in [-0.3, -0.25) is 4.79 Å². The lowest BCUT2D eigenvalue weighted by Gasteiger charge is -2.05. The van der Waals surface area contributed by atoms with E-state index < -0.39 is 0 Å². The highest BCUT2D eigenvalue weighted by atomic mass is 32.2. The van der Waals surface area contributed by atoms with Crippen molar-refractivity contribution in [2.45, 2.75) is 17.9 Å². The second-order valence-electron chi connectivity index (χ2n) is 5.90. The molecule has 142 valence electrons. The number of carbonyl (C=O) groups excluding carboxylic acids is 1. The summed E-state index contributed by atoms with van der Waals surface area (Å²) in [6.45, 7) is 0. The Morgan fingerprint density at radius 1 is 1.04 bits per heavy atom.